The highest BCUT2D eigenvalue weighted by Crippen LogP contribution is 2.07. The minimum atomic E-state index is -1.01. The van der Waals surface area contributed by atoms with Crippen LogP contribution >= 0.6 is 0 Å². The molecule has 5 heteroatoms. The van der Waals surface area contributed by atoms with Crippen molar-refractivity contribution in [3.63, 3.8) is 0 Å². The first-order chi connectivity index (χ1) is 7.52. The van der Waals surface area contributed by atoms with E-state index in [0.29, 0.717) is 12.8 Å². The molecular weight excluding hydrogens is 210 g/mol. The van der Waals surface area contributed by atoms with Gasteiger partial charge < -0.3 is 25.5 Å². The Kier molecular flexibility index (Phi) is 8.52. The third-order valence-corrected chi connectivity index (χ3v) is 2.49. The number of quaternary nitrogens is 1. The third kappa shape index (κ3) is 11.0. The van der Waals surface area contributed by atoms with Gasteiger partial charge in [0.15, 0.2) is 0 Å². The molecule has 0 aliphatic heterocycles. The molecule has 94 valence electrons. The maximum absolute atomic E-state index is 10.1. The van der Waals surface area contributed by atoms with E-state index in [-0.39, 0.29) is 18.9 Å². The minimum absolute atomic E-state index is 0.109. The van der Waals surface area contributed by atoms with E-state index in [1.54, 1.807) is 0 Å². The summed E-state index contributed by atoms with van der Waals surface area (Å²) >= 11 is 0. The van der Waals surface area contributed by atoms with Crippen molar-refractivity contribution in [3.05, 3.63) is 0 Å². The van der Waals surface area contributed by atoms with Crippen LogP contribution in [0.25, 0.3) is 0 Å². The van der Waals surface area contributed by atoms with Crippen LogP contribution in [0.5, 0.6) is 0 Å². The van der Waals surface area contributed by atoms with Crippen molar-refractivity contribution in [1.82, 2.24) is 0 Å². The zero-order valence-corrected chi connectivity index (χ0v) is 9.57. The third-order valence-electron chi connectivity index (χ3n) is 2.49. The van der Waals surface area contributed by atoms with Gasteiger partial charge in [-0.15, -0.1) is 0 Å². The topological polar surface area (TPSA) is 108 Å². The molecule has 0 aliphatic carbocycles. The first-order valence-electron chi connectivity index (χ1n) is 5.75. The van der Waals surface area contributed by atoms with Crippen LogP contribution in [0.15, 0.2) is 0 Å². The Hall–Kier alpha value is -1.10. The van der Waals surface area contributed by atoms with E-state index < -0.39 is 11.9 Å². The number of hydrogen-bond donors (Lipinski definition) is 1. The van der Waals surface area contributed by atoms with E-state index in [2.05, 4.69) is 5.73 Å². The van der Waals surface area contributed by atoms with E-state index in [1.165, 1.54) is 0 Å². The first-order valence-corrected chi connectivity index (χ1v) is 5.75. The molecule has 0 radical (unpaired) electrons. The van der Waals surface area contributed by atoms with Gasteiger partial charge in [0.25, 0.3) is 0 Å². The fourth-order valence-electron chi connectivity index (χ4n) is 1.55. The molecule has 0 rings (SSSR count). The fourth-order valence-corrected chi connectivity index (χ4v) is 1.55. The molecular formula is C11H20NO4-. The Bertz CT molecular complexity index is 196. The average Bonchev–Trinajstić information content (AvgIpc) is 2.19. The van der Waals surface area contributed by atoms with Crippen LogP contribution in [0.2, 0.25) is 0 Å². The molecule has 0 aromatic heterocycles. The van der Waals surface area contributed by atoms with E-state index in [0.717, 1.165) is 25.7 Å². The highest BCUT2D eigenvalue weighted by molar-refractivity contribution is 5.64. The van der Waals surface area contributed by atoms with Gasteiger partial charge in [-0.2, -0.15) is 0 Å². The molecule has 0 aromatic rings. The van der Waals surface area contributed by atoms with Crippen LogP contribution in [-0.4, -0.2) is 18.0 Å². The highest BCUT2D eigenvalue weighted by atomic mass is 16.4. The number of aliphatic carboxylic acids is 2. The van der Waals surface area contributed by atoms with Crippen molar-refractivity contribution in [1.29, 1.82) is 0 Å². The molecule has 16 heavy (non-hydrogen) atoms. The van der Waals surface area contributed by atoms with Crippen molar-refractivity contribution in [2.75, 3.05) is 0 Å². The quantitative estimate of drug-likeness (QED) is 0.447. The molecule has 0 aromatic carbocycles. The normalized spacial score (nSPS) is 10.6. The summed E-state index contributed by atoms with van der Waals surface area (Å²) in [6.07, 6.45) is 4.93. The lowest BCUT2D eigenvalue weighted by atomic mass is 10.0. The molecule has 5 nitrogen and oxygen atoms in total. The maximum Gasteiger partial charge on any atom is 0.0843 e. The number of carbonyl (C=O) groups is 2. The summed E-state index contributed by atoms with van der Waals surface area (Å²) in [5.41, 5.74) is 3.95. The summed E-state index contributed by atoms with van der Waals surface area (Å²) in [7, 11) is 0. The predicted molar refractivity (Wildman–Crippen MR) is 53.6 cm³/mol. The zero-order valence-electron chi connectivity index (χ0n) is 9.57. The van der Waals surface area contributed by atoms with Crippen LogP contribution in [0, 0.1) is 0 Å². The summed E-state index contributed by atoms with van der Waals surface area (Å²) in [6.45, 7) is 0. The average molecular weight is 230 g/mol. The van der Waals surface area contributed by atoms with Crippen molar-refractivity contribution in [2.24, 2.45) is 0 Å². The molecule has 0 atom stereocenters. The summed E-state index contributed by atoms with van der Waals surface area (Å²) in [5, 5.41) is 20.3. The van der Waals surface area contributed by atoms with Crippen LogP contribution in [0.3, 0.4) is 0 Å². The van der Waals surface area contributed by atoms with E-state index >= 15 is 0 Å². The molecule has 0 unspecified atom stereocenters. The lowest BCUT2D eigenvalue weighted by Gasteiger charge is -2.08. The van der Waals surface area contributed by atoms with Crippen LogP contribution in [-0.2, 0) is 9.59 Å². The molecule has 0 saturated heterocycles. The van der Waals surface area contributed by atoms with E-state index in [4.69, 9.17) is 0 Å². The van der Waals surface area contributed by atoms with Crippen molar-refractivity contribution >= 4 is 11.9 Å². The molecule has 0 fully saturated rings. The Balaban J connectivity index is 3.27. The predicted octanol–water partition coefficient (Wildman–Crippen LogP) is -1.78. The van der Waals surface area contributed by atoms with Crippen molar-refractivity contribution in [2.45, 2.75) is 57.4 Å². The lowest BCUT2D eigenvalue weighted by molar-refractivity contribution is -0.423. The number of carboxylic acids is 2. The van der Waals surface area contributed by atoms with Gasteiger partial charge in [-0.05, 0) is 51.4 Å². The second-order valence-corrected chi connectivity index (χ2v) is 4.10. The number of carboxylic acid groups (broad SMARTS) is 2. The standard InChI is InChI=1S/C11H21NO4/c12-9(5-1-3-7-10(13)14)6-2-4-8-11(15)16/h9H,1-8,12H2,(H,13,14)(H,15,16)/p-1. The summed E-state index contributed by atoms with van der Waals surface area (Å²) in [4.78, 5) is 20.3. The number of hydrogen-bond acceptors (Lipinski definition) is 4. The summed E-state index contributed by atoms with van der Waals surface area (Å²) in [5.74, 6) is -2.01. The zero-order chi connectivity index (χ0) is 12.4. The Morgan fingerprint density at radius 3 is 1.56 bits per heavy atom. The van der Waals surface area contributed by atoms with Gasteiger partial charge in [0.05, 0.1) is 6.04 Å². The maximum atomic E-state index is 10.1. The van der Waals surface area contributed by atoms with Gasteiger partial charge in [0.1, 0.15) is 0 Å². The second-order valence-electron chi connectivity index (χ2n) is 4.10. The number of carbonyl (C=O) groups excluding carboxylic acids is 2. The Morgan fingerprint density at radius 2 is 1.25 bits per heavy atom. The number of rotatable bonds is 10. The summed E-state index contributed by atoms with van der Waals surface area (Å²) in [6, 6.07) is 0.281. The molecule has 3 N–H and O–H groups in total. The second kappa shape index (κ2) is 9.15. The molecule has 0 saturated carbocycles. The molecule has 0 amide bonds. The van der Waals surface area contributed by atoms with E-state index in [9.17, 15) is 19.8 Å². The molecule has 0 spiro atoms. The van der Waals surface area contributed by atoms with Gasteiger partial charge in [-0.3, -0.25) is 0 Å². The van der Waals surface area contributed by atoms with Crippen molar-refractivity contribution < 1.29 is 25.5 Å². The number of unbranched alkanes of at least 4 members (excludes halogenated alkanes) is 2. The van der Waals surface area contributed by atoms with Gasteiger partial charge in [-0.1, -0.05) is 0 Å². The van der Waals surface area contributed by atoms with E-state index in [1.807, 2.05) is 0 Å². The van der Waals surface area contributed by atoms with Gasteiger partial charge in [-0.25, -0.2) is 0 Å². The van der Waals surface area contributed by atoms with Crippen molar-refractivity contribution in [3.8, 4) is 0 Å². The monoisotopic (exact) mass is 230 g/mol. The SMILES string of the molecule is [NH3+]C(CCCCC(=O)[O-])CCCCC(=O)[O-]. The molecule has 0 heterocycles. The smallest absolute Gasteiger partial charge is 0.0843 e. The summed E-state index contributed by atoms with van der Waals surface area (Å²) < 4.78 is 0. The van der Waals surface area contributed by atoms with Gasteiger partial charge in [0, 0.05) is 11.9 Å². The van der Waals surface area contributed by atoms with Crippen LogP contribution in [0.1, 0.15) is 51.4 Å². The lowest BCUT2D eigenvalue weighted by Crippen LogP contribution is -2.60. The molecule has 0 bridgehead atoms. The van der Waals surface area contributed by atoms with Crippen LogP contribution in [0.4, 0.5) is 0 Å². The van der Waals surface area contributed by atoms with Gasteiger partial charge in [0.2, 0.25) is 0 Å². The Morgan fingerprint density at radius 1 is 0.875 bits per heavy atom. The minimum Gasteiger partial charge on any atom is -0.550 e. The first kappa shape index (κ1) is 14.9. The molecule has 0 aliphatic rings. The van der Waals surface area contributed by atoms with Crippen LogP contribution < -0.4 is 15.9 Å². The highest BCUT2D eigenvalue weighted by Gasteiger charge is 2.05. The Labute approximate surface area is 95.6 Å². The largest absolute Gasteiger partial charge is 0.550 e. The fraction of sp³-hybridized carbons (Fsp3) is 0.818. The van der Waals surface area contributed by atoms with Gasteiger partial charge >= 0.3 is 0 Å².